The Morgan fingerprint density at radius 2 is 1.59 bits per heavy atom. The molecule has 0 bridgehead atoms. The summed E-state index contributed by atoms with van der Waals surface area (Å²) in [6, 6.07) is 18.7. The van der Waals surface area contributed by atoms with Crippen LogP contribution < -0.4 is 10.6 Å². The number of benzene rings is 2. The number of urea groups is 1. The molecule has 1 unspecified atom stereocenters. The van der Waals surface area contributed by atoms with Crippen molar-refractivity contribution in [2.75, 3.05) is 0 Å². The monoisotopic (exact) mass is 298 g/mol. The Morgan fingerprint density at radius 3 is 2.18 bits per heavy atom. The number of carbonyl (C=O) groups excluding carboxylic acids is 2. The van der Waals surface area contributed by atoms with Gasteiger partial charge in [-0.05, 0) is 11.1 Å². The minimum Gasteiger partial charge on any atom is -0.443 e. The molecule has 2 rings (SSSR count). The summed E-state index contributed by atoms with van der Waals surface area (Å²) in [4.78, 5) is 22.4. The van der Waals surface area contributed by atoms with Crippen LogP contribution in [0.1, 0.15) is 11.1 Å². The molecule has 0 heterocycles. The molecule has 2 aromatic carbocycles. The molecule has 2 N–H and O–H groups in total. The van der Waals surface area contributed by atoms with E-state index >= 15 is 0 Å². The van der Waals surface area contributed by atoms with Crippen LogP contribution in [0.5, 0.6) is 0 Å². The molecule has 114 valence electrons. The Balaban J connectivity index is 1.84. The van der Waals surface area contributed by atoms with Gasteiger partial charge in [0.1, 0.15) is 0 Å². The maximum Gasteiger partial charge on any atom is 0.317 e. The van der Waals surface area contributed by atoms with Gasteiger partial charge in [0.15, 0.2) is 6.23 Å². The maximum atomic E-state index is 11.9. The third-order valence-corrected chi connectivity index (χ3v) is 3.07. The molecule has 2 aromatic rings. The molecular formula is C17H18N2O3. The molecule has 0 aromatic heterocycles. The molecule has 0 aliphatic carbocycles. The average Bonchev–Trinajstić information content (AvgIpc) is 2.55. The van der Waals surface area contributed by atoms with Crippen molar-refractivity contribution in [2.24, 2.45) is 0 Å². The van der Waals surface area contributed by atoms with Crippen LogP contribution in [-0.4, -0.2) is 18.7 Å². The summed E-state index contributed by atoms with van der Waals surface area (Å²) >= 11 is 0. The van der Waals surface area contributed by atoms with E-state index in [1.165, 1.54) is 0 Å². The third-order valence-electron chi connectivity index (χ3n) is 3.07. The lowest BCUT2D eigenvalue weighted by molar-refractivity contribution is -0.134. The first-order chi connectivity index (χ1) is 10.8. The minimum absolute atomic E-state index is 0.338. The zero-order chi connectivity index (χ0) is 15.6. The summed E-state index contributed by atoms with van der Waals surface area (Å²) < 4.78 is 4.92. The number of ether oxygens (including phenoxy) is 1. The van der Waals surface area contributed by atoms with Gasteiger partial charge in [-0.15, -0.1) is 0 Å². The number of carbonyl (C=O) groups is 2. The molecule has 0 fully saturated rings. The Hall–Kier alpha value is -2.82. The SMILES string of the molecule is O=COC(Cc1ccccc1)NC(=O)NCc1ccccc1. The summed E-state index contributed by atoms with van der Waals surface area (Å²) in [6.07, 6.45) is -0.283. The van der Waals surface area contributed by atoms with E-state index in [0.29, 0.717) is 19.4 Å². The summed E-state index contributed by atoms with van der Waals surface area (Å²) in [5.41, 5.74) is 1.96. The molecule has 0 aliphatic heterocycles. The number of rotatable bonds is 7. The second-order valence-corrected chi connectivity index (χ2v) is 4.72. The van der Waals surface area contributed by atoms with Crippen molar-refractivity contribution in [2.45, 2.75) is 19.2 Å². The first kappa shape index (κ1) is 15.6. The second-order valence-electron chi connectivity index (χ2n) is 4.72. The van der Waals surface area contributed by atoms with Crippen LogP contribution in [0.4, 0.5) is 4.79 Å². The van der Waals surface area contributed by atoms with Gasteiger partial charge in [-0.2, -0.15) is 0 Å². The number of hydrogen-bond acceptors (Lipinski definition) is 3. The van der Waals surface area contributed by atoms with E-state index in [2.05, 4.69) is 10.6 Å². The van der Waals surface area contributed by atoms with E-state index in [9.17, 15) is 9.59 Å². The Bertz CT molecular complexity index is 587. The van der Waals surface area contributed by atoms with Gasteiger partial charge in [-0.1, -0.05) is 60.7 Å². The lowest BCUT2D eigenvalue weighted by Gasteiger charge is -2.17. The van der Waals surface area contributed by atoms with Gasteiger partial charge in [0.05, 0.1) is 0 Å². The van der Waals surface area contributed by atoms with E-state index in [4.69, 9.17) is 4.74 Å². The number of nitrogens with one attached hydrogen (secondary N) is 2. The number of hydrogen-bond donors (Lipinski definition) is 2. The highest BCUT2D eigenvalue weighted by Gasteiger charge is 2.13. The predicted octanol–water partition coefficient (Wildman–Crippen LogP) is 2.23. The van der Waals surface area contributed by atoms with Crippen LogP contribution in [0, 0.1) is 0 Å². The highest BCUT2D eigenvalue weighted by molar-refractivity contribution is 5.74. The van der Waals surface area contributed by atoms with Crippen LogP contribution >= 0.6 is 0 Å². The molecule has 0 saturated heterocycles. The van der Waals surface area contributed by atoms with Crippen LogP contribution in [-0.2, 0) is 22.5 Å². The van der Waals surface area contributed by atoms with E-state index < -0.39 is 6.23 Å². The highest BCUT2D eigenvalue weighted by Crippen LogP contribution is 2.04. The number of amides is 2. The highest BCUT2D eigenvalue weighted by atomic mass is 16.5. The van der Waals surface area contributed by atoms with Gasteiger partial charge in [0.2, 0.25) is 0 Å². The summed E-state index contributed by atoms with van der Waals surface area (Å²) in [6.45, 7) is 0.747. The lowest BCUT2D eigenvalue weighted by atomic mass is 10.1. The summed E-state index contributed by atoms with van der Waals surface area (Å²) in [5, 5.41) is 5.36. The van der Waals surface area contributed by atoms with E-state index in [1.54, 1.807) is 0 Å². The summed E-state index contributed by atoms with van der Waals surface area (Å²) in [5.74, 6) is 0. The predicted molar refractivity (Wildman–Crippen MR) is 82.9 cm³/mol. The van der Waals surface area contributed by atoms with Crippen molar-refractivity contribution in [3.8, 4) is 0 Å². The summed E-state index contributed by atoms with van der Waals surface area (Å²) in [7, 11) is 0. The van der Waals surface area contributed by atoms with Crippen molar-refractivity contribution in [3.63, 3.8) is 0 Å². The molecule has 5 nitrogen and oxygen atoms in total. The fourth-order valence-electron chi connectivity index (χ4n) is 2.00. The van der Waals surface area contributed by atoms with E-state index in [-0.39, 0.29) is 6.03 Å². The van der Waals surface area contributed by atoms with Gasteiger partial charge in [-0.25, -0.2) is 4.79 Å². The molecule has 0 spiro atoms. The second kappa shape index (κ2) is 8.46. The van der Waals surface area contributed by atoms with Crippen molar-refractivity contribution >= 4 is 12.5 Å². The third kappa shape index (κ3) is 5.28. The Labute approximate surface area is 129 Å². The Kier molecular flexibility index (Phi) is 5.99. The lowest BCUT2D eigenvalue weighted by Crippen LogP contribution is -2.44. The molecule has 22 heavy (non-hydrogen) atoms. The van der Waals surface area contributed by atoms with E-state index in [1.807, 2.05) is 60.7 Å². The average molecular weight is 298 g/mol. The molecule has 5 heteroatoms. The normalized spacial score (nSPS) is 11.3. The van der Waals surface area contributed by atoms with Crippen molar-refractivity contribution < 1.29 is 14.3 Å². The molecule has 0 aliphatic rings. The van der Waals surface area contributed by atoms with Gasteiger partial charge < -0.3 is 15.4 Å². The molecule has 0 saturated carbocycles. The fraction of sp³-hybridized carbons (Fsp3) is 0.176. The van der Waals surface area contributed by atoms with Gasteiger partial charge in [0.25, 0.3) is 6.47 Å². The first-order valence-corrected chi connectivity index (χ1v) is 6.99. The van der Waals surface area contributed by atoms with Crippen LogP contribution in [0.15, 0.2) is 60.7 Å². The first-order valence-electron chi connectivity index (χ1n) is 6.99. The van der Waals surface area contributed by atoms with Crippen molar-refractivity contribution in [1.82, 2.24) is 10.6 Å². The van der Waals surface area contributed by atoms with Gasteiger partial charge in [0, 0.05) is 13.0 Å². The van der Waals surface area contributed by atoms with Gasteiger partial charge >= 0.3 is 6.03 Å². The quantitative estimate of drug-likeness (QED) is 0.608. The van der Waals surface area contributed by atoms with Crippen LogP contribution in [0.25, 0.3) is 0 Å². The zero-order valence-corrected chi connectivity index (χ0v) is 12.1. The van der Waals surface area contributed by atoms with Gasteiger partial charge in [-0.3, -0.25) is 4.79 Å². The van der Waals surface area contributed by atoms with Crippen LogP contribution in [0.3, 0.4) is 0 Å². The molecule has 1 atom stereocenters. The van der Waals surface area contributed by atoms with Crippen molar-refractivity contribution in [1.29, 1.82) is 0 Å². The minimum atomic E-state index is -0.698. The molecular weight excluding hydrogens is 280 g/mol. The van der Waals surface area contributed by atoms with Crippen LogP contribution in [0.2, 0.25) is 0 Å². The molecule has 2 amide bonds. The maximum absolute atomic E-state index is 11.9. The molecule has 0 radical (unpaired) electrons. The topological polar surface area (TPSA) is 67.4 Å². The smallest absolute Gasteiger partial charge is 0.317 e. The Morgan fingerprint density at radius 1 is 1.00 bits per heavy atom. The fourth-order valence-corrected chi connectivity index (χ4v) is 2.00. The van der Waals surface area contributed by atoms with Crippen molar-refractivity contribution in [3.05, 3.63) is 71.8 Å². The van der Waals surface area contributed by atoms with E-state index in [0.717, 1.165) is 11.1 Å². The zero-order valence-electron chi connectivity index (χ0n) is 12.1. The standard InChI is InChI=1S/C17H18N2O3/c20-13-22-16(11-14-7-3-1-4-8-14)19-17(21)18-12-15-9-5-2-6-10-15/h1-10,13,16H,11-12H2,(H2,18,19,21). The largest absolute Gasteiger partial charge is 0.443 e.